The van der Waals surface area contributed by atoms with Gasteiger partial charge in [0, 0.05) is 10.9 Å². The van der Waals surface area contributed by atoms with Crippen molar-refractivity contribution in [3.63, 3.8) is 0 Å². The lowest BCUT2D eigenvalue weighted by Gasteiger charge is -2.33. The topological polar surface area (TPSA) is 18.5 Å². The molecule has 0 heterocycles. The van der Waals surface area contributed by atoms with E-state index in [1.54, 1.807) is 7.11 Å². The van der Waals surface area contributed by atoms with E-state index in [1.165, 1.54) is 6.42 Å². The number of hydrogen-bond acceptors (Lipinski definition) is 2. The normalized spacial score (nSPS) is 27.1. The third-order valence-electron chi connectivity index (χ3n) is 4.26. The van der Waals surface area contributed by atoms with Crippen LogP contribution in [-0.4, -0.2) is 13.2 Å². The zero-order chi connectivity index (χ0) is 13.8. The second kappa shape index (κ2) is 6.65. The first-order valence-electron chi connectivity index (χ1n) is 7.04. The summed E-state index contributed by atoms with van der Waals surface area (Å²) < 4.78 is 11.7. The molecular formula is C16H23BrO2. The van der Waals surface area contributed by atoms with Gasteiger partial charge in [-0.3, -0.25) is 0 Å². The molecule has 19 heavy (non-hydrogen) atoms. The van der Waals surface area contributed by atoms with Gasteiger partial charge in [-0.1, -0.05) is 41.9 Å². The van der Waals surface area contributed by atoms with Crippen LogP contribution in [0.15, 0.2) is 18.2 Å². The fourth-order valence-corrected chi connectivity index (χ4v) is 3.17. The highest BCUT2D eigenvalue weighted by atomic mass is 79.9. The van der Waals surface area contributed by atoms with Gasteiger partial charge in [0.15, 0.2) is 11.5 Å². The number of methoxy groups -OCH3 is 1. The molecule has 0 N–H and O–H groups in total. The van der Waals surface area contributed by atoms with Crippen LogP contribution in [0.4, 0.5) is 0 Å². The van der Waals surface area contributed by atoms with Gasteiger partial charge in [0.2, 0.25) is 0 Å². The summed E-state index contributed by atoms with van der Waals surface area (Å²) in [7, 11) is 1.70. The maximum Gasteiger partial charge on any atom is 0.165 e. The molecule has 1 aliphatic carbocycles. The van der Waals surface area contributed by atoms with Crippen molar-refractivity contribution in [2.24, 2.45) is 11.8 Å². The van der Waals surface area contributed by atoms with Crippen molar-refractivity contribution in [1.29, 1.82) is 0 Å². The molecule has 0 radical (unpaired) electrons. The van der Waals surface area contributed by atoms with Crippen LogP contribution < -0.4 is 9.47 Å². The van der Waals surface area contributed by atoms with Crippen molar-refractivity contribution >= 4 is 15.9 Å². The molecule has 0 saturated heterocycles. The van der Waals surface area contributed by atoms with E-state index in [-0.39, 0.29) is 0 Å². The molecule has 0 aromatic heterocycles. The van der Waals surface area contributed by atoms with Crippen LogP contribution >= 0.6 is 15.9 Å². The van der Waals surface area contributed by atoms with E-state index in [2.05, 4.69) is 35.8 Å². The Kier molecular flexibility index (Phi) is 5.14. The monoisotopic (exact) mass is 326 g/mol. The first kappa shape index (κ1) is 14.7. The summed E-state index contributed by atoms with van der Waals surface area (Å²) in [4.78, 5) is 0. The van der Waals surface area contributed by atoms with E-state index in [4.69, 9.17) is 9.47 Å². The molecule has 0 bridgehead atoms. The fraction of sp³-hybridized carbons (Fsp3) is 0.625. The largest absolute Gasteiger partial charge is 0.493 e. The molecule has 1 aliphatic rings. The van der Waals surface area contributed by atoms with Gasteiger partial charge in [-0.15, -0.1) is 0 Å². The van der Waals surface area contributed by atoms with E-state index < -0.39 is 0 Å². The minimum Gasteiger partial charge on any atom is -0.493 e. The van der Waals surface area contributed by atoms with Gasteiger partial charge in [0.05, 0.1) is 13.2 Å². The first-order valence-corrected chi connectivity index (χ1v) is 8.16. The minimum absolute atomic E-state index is 0.320. The van der Waals surface area contributed by atoms with Crippen molar-refractivity contribution in [3.05, 3.63) is 23.8 Å². The SMILES string of the molecule is COc1cccc(CBr)c1OC1CCC(C)C(C)C1. The molecule has 0 spiro atoms. The van der Waals surface area contributed by atoms with Gasteiger partial charge in [-0.25, -0.2) is 0 Å². The van der Waals surface area contributed by atoms with Gasteiger partial charge in [0.25, 0.3) is 0 Å². The lowest BCUT2D eigenvalue weighted by atomic mass is 9.80. The number of para-hydroxylation sites is 1. The lowest BCUT2D eigenvalue weighted by molar-refractivity contribution is 0.0970. The van der Waals surface area contributed by atoms with Crippen molar-refractivity contribution in [1.82, 2.24) is 0 Å². The fourth-order valence-electron chi connectivity index (χ4n) is 2.73. The Bertz CT molecular complexity index is 397. The first-order chi connectivity index (χ1) is 9.15. The van der Waals surface area contributed by atoms with Crippen molar-refractivity contribution < 1.29 is 9.47 Å². The summed E-state index contributed by atoms with van der Waals surface area (Å²) in [6.07, 6.45) is 3.86. The average Bonchev–Trinajstić information content (AvgIpc) is 2.43. The van der Waals surface area contributed by atoms with Crippen molar-refractivity contribution in [2.75, 3.05) is 7.11 Å². The summed E-state index contributed by atoms with van der Waals surface area (Å²) in [5, 5.41) is 0.790. The second-order valence-electron chi connectivity index (χ2n) is 5.59. The summed E-state index contributed by atoms with van der Waals surface area (Å²) >= 11 is 3.52. The molecular weight excluding hydrogens is 304 g/mol. The van der Waals surface area contributed by atoms with Crippen LogP contribution in [-0.2, 0) is 5.33 Å². The summed E-state index contributed by atoms with van der Waals surface area (Å²) in [6.45, 7) is 4.67. The van der Waals surface area contributed by atoms with Crippen LogP contribution in [0, 0.1) is 11.8 Å². The highest BCUT2D eigenvalue weighted by Crippen LogP contribution is 2.37. The minimum atomic E-state index is 0.320. The van der Waals surface area contributed by atoms with Crippen LogP contribution in [0.5, 0.6) is 11.5 Å². The number of halogens is 1. The molecule has 3 atom stereocenters. The number of benzene rings is 1. The molecule has 3 unspecified atom stereocenters. The molecule has 1 aromatic rings. The molecule has 0 aliphatic heterocycles. The van der Waals surface area contributed by atoms with E-state index >= 15 is 0 Å². The lowest BCUT2D eigenvalue weighted by Crippen LogP contribution is -2.29. The number of alkyl halides is 1. The Labute approximate surface area is 124 Å². The predicted octanol–water partition coefficient (Wildman–Crippen LogP) is 4.79. The standard InChI is InChI=1S/C16H23BrO2/c1-11-7-8-14(9-12(11)2)19-16-13(10-17)5-4-6-15(16)18-3/h4-6,11-12,14H,7-10H2,1-3H3. The van der Waals surface area contributed by atoms with E-state index in [0.717, 1.165) is 47.1 Å². The Hall–Kier alpha value is -0.700. The predicted molar refractivity (Wildman–Crippen MR) is 82.2 cm³/mol. The summed E-state index contributed by atoms with van der Waals surface area (Å²) in [6, 6.07) is 6.06. The molecule has 1 aromatic carbocycles. The van der Waals surface area contributed by atoms with Gasteiger partial charge in [0.1, 0.15) is 0 Å². The molecule has 2 rings (SSSR count). The number of ether oxygens (including phenoxy) is 2. The summed E-state index contributed by atoms with van der Waals surface area (Å²) in [5.74, 6) is 3.30. The zero-order valence-corrected chi connectivity index (χ0v) is 13.6. The third kappa shape index (κ3) is 3.44. The van der Waals surface area contributed by atoms with Gasteiger partial charge < -0.3 is 9.47 Å². The maximum absolute atomic E-state index is 6.26. The third-order valence-corrected chi connectivity index (χ3v) is 4.86. The molecule has 1 saturated carbocycles. The zero-order valence-electron chi connectivity index (χ0n) is 12.0. The number of hydrogen-bond donors (Lipinski definition) is 0. The highest BCUT2D eigenvalue weighted by Gasteiger charge is 2.27. The van der Waals surface area contributed by atoms with E-state index in [9.17, 15) is 0 Å². The Balaban J connectivity index is 2.14. The maximum atomic E-state index is 6.26. The average molecular weight is 327 g/mol. The second-order valence-corrected chi connectivity index (χ2v) is 6.15. The Morgan fingerprint density at radius 3 is 2.63 bits per heavy atom. The molecule has 106 valence electrons. The smallest absolute Gasteiger partial charge is 0.165 e. The Morgan fingerprint density at radius 1 is 1.21 bits per heavy atom. The van der Waals surface area contributed by atoms with Gasteiger partial charge in [-0.2, -0.15) is 0 Å². The van der Waals surface area contributed by atoms with Crippen molar-refractivity contribution in [3.8, 4) is 11.5 Å². The highest BCUT2D eigenvalue weighted by molar-refractivity contribution is 9.08. The Morgan fingerprint density at radius 2 is 2.00 bits per heavy atom. The van der Waals surface area contributed by atoms with Crippen LogP contribution in [0.1, 0.15) is 38.7 Å². The summed E-state index contributed by atoms with van der Waals surface area (Å²) in [5.41, 5.74) is 1.16. The van der Waals surface area contributed by atoms with Crippen LogP contribution in [0.2, 0.25) is 0 Å². The van der Waals surface area contributed by atoms with Crippen molar-refractivity contribution in [2.45, 2.75) is 44.5 Å². The molecule has 1 fully saturated rings. The quantitative estimate of drug-likeness (QED) is 0.740. The van der Waals surface area contributed by atoms with Crippen LogP contribution in [0.25, 0.3) is 0 Å². The van der Waals surface area contributed by atoms with E-state index in [0.29, 0.717) is 6.10 Å². The van der Waals surface area contributed by atoms with E-state index in [1.807, 2.05) is 12.1 Å². The molecule has 0 amide bonds. The van der Waals surface area contributed by atoms with Gasteiger partial charge >= 0.3 is 0 Å². The van der Waals surface area contributed by atoms with Crippen LogP contribution in [0.3, 0.4) is 0 Å². The molecule has 2 nitrogen and oxygen atoms in total. The van der Waals surface area contributed by atoms with Gasteiger partial charge in [-0.05, 0) is 37.2 Å². The molecule has 3 heteroatoms. The number of rotatable bonds is 4.